The molecule has 78 valence electrons. The maximum absolute atomic E-state index is 3.77. The zero-order valence-corrected chi connectivity index (χ0v) is 10.8. The second kappa shape index (κ2) is 5.11. The van der Waals surface area contributed by atoms with Crippen LogP contribution in [0.4, 0.5) is 0 Å². The van der Waals surface area contributed by atoms with Crippen molar-refractivity contribution in [3.8, 4) is 11.4 Å². The Kier molecular flexibility index (Phi) is 4.08. The number of hydrogen-bond acceptors (Lipinski definition) is 0. The highest BCUT2D eigenvalue weighted by Crippen LogP contribution is 2.15. The molecule has 0 aliphatic carbocycles. The first-order chi connectivity index (χ1) is 6.83. The maximum Gasteiger partial charge on any atom is 0.229 e. The van der Waals surface area contributed by atoms with Gasteiger partial charge in [-0.1, -0.05) is 6.58 Å². The van der Waals surface area contributed by atoms with Gasteiger partial charge in [-0.25, -0.2) is 0 Å². The van der Waals surface area contributed by atoms with Crippen LogP contribution in [0.1, 0.15) is 0 Å². The monoisotopic (exact) mass is 312 g/mol. The molecule has 0 amide bonds. The van der Waals surface area contributed by atoms with Gasteiger partial charge in [-0.2, -0.15) is 4.57 Å². The van der Waals surface area contributed by atoms with Crippen molar-refractivity contribution in [2.24, 2.45) is 7.05 Å². The van der Waals surface area contributed by atoms with E-state index in [-0.39, 0.29) is 24.0 Å². The van der Waals surface area contributed by atoms with Crippen LogP contribution in [0, 0.1) is 0 Å². The van der Waals surface area contributed by atoms with E-state index in [1.54, 1.807) is 0 Å². The van der Waals surface area contributed by atoms with Crippen molar-refractivity contribution in [1.29, 1.82) is 0 Å². The molecule has 15 heavy (non-hydrogen) atoms. The molecule has 2 rings (SSSR count). The first-order valence-corrected chi connectivity index (χ1v) is 4.57. The fraction of sp³-hybridized carbons (Fsp3) is 0.0833. The van der Waals surface area contributed by atoms with Crippen molar-refractivity contribution >= 4 is 6.20 Å². The number of pyridine rings is 1. The quantitative estimate of drug-likeness (QED) is 0.501. The van der Waals surface area contributed by atoms with E-state index in [1.165, 1.54) is 5.69 Å². The van der Waals surface area contributed by atoms with Gasteiger partial charge < -0.3 is 28.5 Å². The fourth-order valence-corrected chi connectivity index (χ4v) is 1.56. The predicted molar refractivity (Wildman–Crippen MR) is 57.4 cm³/mol. The minimum absolute atomic E-state index is 0. The van der Waals surface area contributed by atoms with E-state index in [0.29, 0.717) is 0 Å². The molecule has 0 aromatic carbocycles. The molecule has 2 aromatic rings. The van der Waals surface area contributed by atoms with Gasteiger partial charge in [0.2, 0.25) is 5.69 Å². The summed E-state index contributed by atoms with van der Waals surface area (Å²) < 4.78 is 4.10. The molecule has 0 aliphatic heterocycles. The lowest BCUT2D eigenvalue weighted by molar-refractivity contribution is -0.660. The summed E-state index contributed by atoms with van der Waals surface area (Å²) >= 11 is 0. The van der Waals surface area contributed by atoms with Gasteiger partial charge in [-0.3, -0.25) is 0 Å². The lowest BCUT2D eigenvalue weighted by Gasteiger charge is -2.01. The van der Waals surface area contributed by atoms with Crippen molar-refractivity contribution < 1.29 is 28.5 Å². The summed E-state index contributed by atoms with van der Waals surface area (Å²) in [7, 11) is 2.04. The van der Waals surface area contributed by atoms with Crippen molar-refractivity contribution in [1.82, 2.24) is 4.57 Å². The Bertz CT molecular complexity index is 460. The van der Waals surface area contributed by atoms with Crippen molar-refractivity contribution in [2.45, 2.75) is 0 Å². The number of halogens is 1. The Morgan fingerprint density at radius 3 is 2.73 bits per heavy atom. The minimum Gasteiger partial charge on any atom is -1.00 e. The highest BCUT2D eigenvalue weighted by atomic mass is 127. The Morgan fingerprint density at radius 2 is 2.07 bits per heavy atom. The molecule has 0 saturated carbocycles. The zero-order valence-electron chi connectivity index (χ0n) is 8.60. The summed E-state index contributed by atoms with van der Waals surface area (Å²) in [5.74, 6) is 0. The topological polar surface area (TPSA) is 8.81 Å². The summed E-state index contributed by atoms with van der Waals surface area (Å²) in [6.45, 7) is 3.77. The average molecular weight is 312 g/mol. The van der Waals surface area contributed by atoms with Crippen LogP contribution in [-0.4, -0.2) is 4.57 Å². The highest BCUT2D eigenvalue weighted by Gasteiger charge is 2.10. The first kappa shape index (κ1) is 12.0. The van der Waals surface area contributed by atoms with Gasteiger partial charge >= 0.3 is 0 Å². The smallest absolute Gasteiger partial charge is 0.229 e. The molecule has 0 saturated heterocycles. The lowest BCUT2D eigenvalue weighted by Crippen LogP contribution is -3.00. The van der Waals surface area contributed by atoms with Gasteiger partial charge in [0.1, 0.15) is 12.7 Å². The molecule has 2 heterocycles. The summed E-state index contributed by atoms with van der Waals surface area (Å²) in [6, 6.07) is 10.2. The van der Waals surface area contributed by atoms with Crippen LogP contribution in [0.25, 0.3) is 17.6 Å². The molecule has 0 fully saturated rings. The van der Waals surface area contributed by atoms with Crippen LogP contribution in [0.3, 0.4) is 0 Å². The second-order valence-electron chi connectivity index (χ2n) is 3.18. The van der Waals surface area contributed by atoms with E-state index in [2.05, 4.69) is 23.3 Å². The molecule has 0 atom stereocenters. The summed E-state index contributed by atoms with van der Waals surface area (Å²) in [5, 5.41) is 0. The molecule has 0 aliphatic rings. The SMILES string of the molecule is C=Cn1cccc1-c1cccc[n+]1C.[I-]. The van der Waals surface area contributed by atoms with E-state index < -0.39 is 0 Å². The van der Waals surface area contributed by atoms with Gasteiger partial charge in [0.05, 0.1) is 0 Å². The van der Waals surface area contributed by atoms with Crippen LogP contribution in [0.2, 0.25) is 0 Å². The average Bonchev–Trinajstić information content (AvgIpc) is 2.66. The molecule has 2 nitrogen and oxygen atoms in total. The molecule has 0 radical (unpaired) electrons. The number of rotatable bonds is 2. The van der Waals surface area contributed by atoms with E-state index in [4.69, 9.17) is 0 Å². The largest absolute Gasteiger partial charge is 1.00 e. The third-order valence-electron chi connectivity index (χ3n) is 2.29. The van der Waals surface area contributed by atoms with Crippen LogP contribution >= 0.6 is 0 Å². The third-order valence-corrected chi connectivity index (χ3v) is 2.29. The number of nitrogens with zero attached hydrogens (tertiary/aromatic N) is 2. The predicted octanol–water partition coefficient (Wildman–Crippen LogP) is -0.916. The normalized spacial score (nSPS) is 9.40. The van der Waals surface area contributed by atoms with Crippen LogP contribution in [0.15, 0.2) is 49.3 Å². The van der Waals surface area contributed by atoms with E-state index in [1.807, 2.05) is 48.4 Å². The highest BCUT2D eigenvalue weighted by molar-refractivity contribution is 5.55. The Labute approximate surface area is 107 Å². The van der Waals surface area contributed by atoms with Crippen LogP contribution < -0.4 is 28.5 Å². The van der Waals surface area contributed by atoms with E-state index >= 15 is 0 Å². The number of aryl methyl sites for hydroxylation is 1. The molecule has 0 spiro atoms. The molecule has 0 unspecified atom stereocenters. The van der Waals surface area contributed by atoms with Crippen molar-refractivity contribution in [2.75, 3.05) is 0 Å². The number of aromatic nitrogens is 2. The molecular weight excluding hydrogens is 299 g/mol. The van der Waals surface area contributed by atoms with Crippen LogP contribution in [0.5, 0.6) is 0 Å². The lowest BCUT2D eigenvalue weighted by atomic mass is 10.2. The zero-order chi connectivity index (χ0) is 9.97. The Hall–Kier alpha value is -1.10. The van der Waals surface area contributed by atoms with E-state index in [9.17, 15) is 0 Å². The van der Waals surface area contributed by atoms with Crippen LogP contribution in [-0.2, 0) is 7.05 Å². The summed E-state index contributed by atoms with van der Waals surface area (Å²) in [5.41, 5.74) is 2.33. The third kappa shape index (κ3) is 2.28. The van der Waals surface area contributed by atoms with E-state index in [0.717, 1.165) is 5.69 Å². The molecule has 2 aromatic heterocycles. The van der Waals surface area contributed by atoms with Gasteiger partial charge in [-0.15, -0.1) is 0 Å². The maximum atomic E-state index is 3.77. The van der Waals surface area contributed by atoms with Gasteiger partial charge in [0.25, 0.3) is 0 Å². The Morgan fingerprint density at radius 1 is 1.27 bits per heavy atom. The first-order valence-electron chi connectivity index (χ1n) is 4.57. The molecule has 0 bridgehead atoms. The Balaban J connectivity index is 0.00000112. The molecule has 3 heteroatoms. The minimum atomic E-state index is 0. The van der Waals surface area contributed by atoms with Gasteiger partial charge in [-0.05, 0) is 18.2 Å². The molecular formula is C12H13IN2. The van der Waals surface area contributed by atoms with Crippen molar-refractivity contribution in [3.05, 3.63) is 49.3 Å². The summed E-state index contributed by atoms with van der Waals surface area (Å²) in [4.78, 5) is 0. The van der Waals surface area contributed by atoms with Crippen molar-refractivity contribution in [3.63, 3.8) is 0 Å². The number of hydrogen-bond donors (Lipinski definition) is 0. The van der Waals surface area contributed by atoms with Gasteiger partial charge in [0.15, 0.2) is 6.20 Å². The van der Waals surface area contributed by atoms with Gasteiger partial charge in [0, 0.05) is 24.5 Å². The fourth-order valence-electron chi connectivity index (χ4n) is 1.56. The summed E-state index contributed by atoms with van der Waals surface area (Å²) in [6.07, 6.45) is 5.84. The standard InChI is InChI=1S/C12H13N2.HI/c1-3-14-10-6-8-12(14)11-7-4-5-9-13(11)2;/h3-10H,1H2,2H3;1H/q+1;/p-1. The second-order valence-corrected chi connectivity index (χ2v) is 3.18. The molecule has 0 N–H and O–H groups in total.